The summed E-state index contributed by atoms with van der Waals surface area (Å²) in [7, 11) is 5.73. The molecule has 0 heterocycles. The van der Waals surface area contributed by atoms with Gasteiger partial charge < -0.3 is 0 Å². The predicted molar refractivity (Wildman–Crippen MR) is 59.8 cm³/mol. The molecule has 0 N–H and O–H groups in total. The van der Waals surface area contributed by atoms with E-state index in [2.05, 4.69) is 0 Å². The Morgan fingerprint density at radius 1 is 0.842 bits per heavy atom. The van der Waals surface area contributed by atoms with E-state index in [1.54, 1.807) is 6.92 Å². The summed E-state index contributed by atoms with van der Waals surface area (Å²) in [5.41, 5.74) is -2.87. The van der Waals surface area contributed by atoms with Gasteiger partial charge in [0.15, 0.2) is 0 Å². The highest BCUT2D eigenvalue weighted by atomic mass is 19.4. The number of hydrogen-bond donors (Lipinski definition) is 0. The van der Waals surface area contributed by atoms with Crippen LogP contribution in [0, 0.1) is 0 Å². The van der Waals surface area contributed by atoms with E-state index in [-0.39, 0.29) is 18.1 Å². The van der Waals surface area contributed by atoms with Crippen molar-refractivity contribution in [3.05, 3.63) is 34.9 Å². The standard InChI is InChI=1S/C12H11BF6/c1-3-10(2,13)7-4-8(11(14,15)16)6-9(5-7)12(17,18)19/h4-6H,3H2,1-2H3/t10-/m0/s1. The van der Waals surface area contributed by atoms with Gasteiger partial charge in [0.05, 0.1) is 19.0 Å². The summed E-state index contributed by atoms with van der Waals surface area (Å²) in [6.45, 7) is 2.98. The number of rotatable bonds is 2. The molecule has 1 rings (SSSR count). The van der Waals surface area contributed by atoms with E-state index < -0.39 is 28.8 Å². The molecular formula is C12H11BF6. The van der Waals surface area contributed by atoms with Crippen molar-refractivity contribution < 1.29 is 26.3 Å². The molecule has 0 aliphatic carbocycles. The molecule has 0 unspecified atom stereocenters. The van der Waals surface area contributed by atoms with Gasteiger partial charge in [0.25, 0.3) is 0 Å². The Morgan fingerprint density at radius 2 is 1.16 bits per heavy atom. The number of benzene rings is 1. The lowest BCUT2D eigenvalue weighted by Crippen LogP contribution is -2.23. The molecule has 7 heteroatoms. The molecule has 1 atom stereocenters. The molecule has 0 fully saturated rings. The Labute approximate surface area is 108 Å². The fourth-order valence-electron chi connectivity index (χ4n) is 1.49. The van der Waals surface area contributed by atoms with Crippen LogP contribution in [0.3, 0.4) is 0 Å². The van der Waals surface area contributed by atoms with Crippen LogP contribution in [0.15, 0.2) is 18.2 Å². The van der Waals surface area contributed by atoms with Gasteiger partial charge in [-0.2, -0.15) is 26.3 Å². The van der Waals surface area contributed by atoms with Crippen molar-refractivity contribution in [3.63, 3.8) is 0 Å². The number of halogens is 6. The van der Waals surface area contributed by atoms with E-state index in [4.69, 9.17) is 7.85 Å². The van der Waals surface area contributed by atoms with Crippen molar-refractivity contribution in [1.29, 1.82) is 0 Å². The van der Waals surface area contributed by atoms with Crippen LogP contribution in [0.25, 0.3) is 0 Å². The predicted octanol–water partition coefficient (Wildman–Crippen LogP) is 4.52. The monoisotopic (exact) mass is 280 g/mol. The minimum absolute atomic E-state index is 0.0925. The summed E-state index contributed by atoms with van der Waals surface area (Å²) in [5.74, 6) is 0. The van der Waals surface area contributed by atoms with Gasteiger partial charge in [0, 0.05) is 0 Å². The van der Waals surface area contributed by atoms with Gasteiger partial charge in [-0.1, -0.05) is 20.3 Å². The maximum absolute atomic E-state index is 12.6. The molecule has 19 heavy (non-hydrogen) atoms. The summed E-state index contributed by atoms with van der Waals surface area (Å²) in [6, 6.07) is 1.42. The molecule has 0 nitrogen and oxygen atoms in total. The molecule has 104 valence electrons. The fraction of sp³-hybridized carbons (Fsp3) is 0.500. The van der Waals surface area contributed by atoms with E-state index >= 15 is 0 Å². The molecule has 0 saturated heterocycles. The quantitative estimate of drug-likeness (QED) is 0.552. The zero-order valence-corrected chi connectivity index (χ0v) is 10.3. The highest BCUT2D eigenvalue weighted by Gasteiger charge is 2.38. The summed E-state index contributed by atoms with van der Waals surface area (Å²) in [4.78, 5) is 0. The zero-order chi connectivity index (χ0) is 15.1. The molecule has 0 aliphatic rings. The van der Waals surface area contributed by atoms with Crippen LogP contribution < -0.4 is 0 Å². The van der Waals surface area contributed by atoms with Crippen LogP contribution in [0.1, 0.15) is 37.0 Å². The number of alkyl halides is 6. The Morgan fingerprint density at radius 3 is 1.42 bits per heavy atom. The molecule has 0 spiro atoms. The second kappa shape index (κ2) is 4.76. The highest BCUT2D eigenvalue weighted by Crippen LogP contribution is 2.38. The van der Waals surface area contributed by atoms with E-state index in [1.807, 2.05) is 0 Å². The Kier molecular flexibility index (Phi) is 3.99. The van der Waals surface area contributed by atoms with E-state index in [0.717, 1.165) is 0 Å². The minimum atomic E-state index is -4.85. The smallest absolute Gasteiger partial charge is 0.166 e. The summed E-state index contributed by atoms with van der Waals surface area (Å²) in [5, 5.41) is -1.25. The third-order valence-electron chi connectivity index (χ3n) is 2.98. The van der Waals surface area contributed by atoms with Crippen LogP contribution in [0.4, 0.5) is 26.3 Å². The second-order valence-corrected chi connectivity index (χ2v) is 4.57. The van der Waals surface area contributed by atoms with Gasteiger partial charge in [0.2, 0.25) is 0 Å². The maximum atomic E-state index is 12.6. The molecule has 0 aromatic heterocycles. The summed E-state index contributed by atoms with van der Waals surface area (Å²) < 4.78 is 75.7. The van der Waals surface area contributed by atoms with Crippen molar-refractivity contribution >= 4 is 7.85 Å². The van der Waals surface area contributed by atoms with Crippen LogP contribution in [-0.2, 0) is 17.7 Å². The normalized spacial score (nSPS) is 16.2. The third-order valence-corrected chi connectivity index (χ3v) is 2.98. The average Bonchev–Trinajstić information content (AvgIpc) is 2.26. The molecule has 0 amide bonds. The Balaban J connectivity index is 3.51. The molecular weight excluding hydrogens is 269 g/mol. The van der Waals surface area contributed by atoms with Gasteiger partial charge in [-0.25, -0.2) is 0 Å². The maximum Gasteiger partial charge on any atom is 0.416 e. The lowest BCUT2D eigenvalue weighted by Gasteiger charge is -2.26. The van der Waals surface area contributed by atoms with Crippen LogP contribution in [0.2, 0.25) is 0 Å². The molecule has 1 aromatic carbocycles. The van der Waals surface area contributed by atoms with Crippen molar-refractivity contribution in [3.8, 4) is 0 Å². The molecule has 0 bridgehead atoms. The largest absolute Gasteiger partial charge is 0.416 e. The fourth-order valence-corrected chi connectivity index (χ4v) is 1.49. The minimum Gasteiger partial charge on any atom is -0.166 e. The third kappa shape index (κ3) is 3.67. The average molecular weight is 280 g/mol. The topological polar surface area (TPSA) is 0 Å². The Hall–Kier alpha value is -1.14. The van der Waals surface area contributed by atoms with Gasteiger partial charge in [-0.05, 0) is 29.1 Å². The molecule has 0 aliphatic heterocycles. The summed E-state index contributed by atoms with van der Waals surface area (Å²) >= 11 is 0. The van der Waals surface area contributed by atoms with Gasteiger partial charge in [0.1, 0.15) is 0 Å². The molecule has 0 saturated carbocycles. The van der Waals surface area contributed by atoms with E-state index in [0.29, 0.717) is 12.1 Å². The van der Waals surface area contributed by atoms with Gasteiger partial charge in [-0.15, -0.1) is 0 Å². The van der Waals surface area contributed by atoms with Crippen molar-refractivity contribution in [2.45, 2.75) is 37.9 Å². The lowest BCUT2D eigenvalue weighted by molar-refractivity contribution is -0.143. The summed E-state index contributed by atoms with van der Waals surface area (Å²) in [6.07, 6.45) is -9.48. The van der Waals surface area contributed by atoms with Crippen LogP contribution in [-0.4, -0.2) is 7.85 Å². The first-order valence-electron chi connectivity index (χ1n) is 5.47. The first kappa shape index (κ1) is 15.9. The molecule has 1 aromatic rings. The van der Waals surface area contributed by atoms with Crippen LogP contribution in [0.5, 0.6) is 0 Å². The van der Waals surface area contributed by atoms with Crippen molar-refractivity contribution in [1.82, 2.24) is 0 Å². The highest BCUT2D eigenvalue weighted by molar-refractivity contribution is 6.15. The van der Waals surface area contributed by atoms with Crippen molar-refractivity contribution in [2.75, 3.05) is 0 Å². The van der Waals surface area contributed by atoms with Crippen LogP contribution >= 0.6 is 0 Å². The SMILES string of the molecule is [B][C@@](C)(CC)c1cc(C(F)(F)F)cc(C(F)(F)F)c1. The van der Waals surface area contributed by atoms with Crippen molar-refractivity contribution in [2.24, 2.45) is 0 Å². The Bertz CT molecular complexity index is 426. The first-order chi connectivity index (χ1) is 8.38. The zero-order valence-electron chi connectivity index (χ0n) is 10.3. The second-order valence-electron chi connectivity index (χ2n) is 4.57. The van der Waals surface area contributed by atoms with Gasteiger partial charge >= 0.3 is 12.4 Å². The lowest BCUT2D eigenvalue weighted by atomic mass is 9.63. The van der Waals surface area contributed by atoms with Gasteiger partial charge in [-0.3, -0.25) is 0 Å². The molecule has 2 radical (unpaired) electrons. The first-order valence-corrected chi connectivity index (χ1v) is 5.47. The number of hydrogen-bond acceptors (Lipinski definition) is 0. The van der Waals surface area contributed by atoms with E-state index in [9.17, 15) is 26.3 Å². The van der Waals surface area contributed by atoms with E-state index in [1.165, 1.54) is 6.92 Å².